The van der Waals surface area contributed by atoms with Gasteiger partial charge in [0, 0.05) is 32.1 Å². The van der Waals surface area contributed by atoms with Crippen LogP contribution in [-0.4, -0.2) is 36.6 Å². The third-order valence-corrected chi connectivity index (χ3v) is 5.86. The van der Waals surface area contributed by atoms with E-state index in [4.69, 9.17) is 9.97 Å². The summed E-state index contributed by atoms with van der Waals surface area (Å²) in [5, 5.41) is 8.17. The quantitative estimate of drug-likeness (QED) is 0.600. The fourth-order valence-electron chi connectivity index (χ4n) is 4.18. The molecule has 2 N–H and O–H groups in total. The van der Waals surface area contributed by atoms with Gasteiger partial charge in [-0.2, -0.15) is 4.98 Å². The van der Waals surface area contributed by atoms with Gasteiger partial charge in [0.05, 0.1) is 5.52 Å². The zero-order valence-electron chi connectivity index (χ0n) is 17.7. The molecule has 1 fully saturated rings. The molecular formula is C24H30FN5. The van der Waals surface area contributed by atoms with Crippen LogP contribution in [-0.2, 0) is 6.54 Å². The van der Waals surface area contributed by atoms with Crippen LogP contribution in [0.5, 0.6) is 0 Å². The number of aromatic nitrogens is 2. The summed E-state index contributed by atoms with van der Waals surface area (Å²) in [5.41, 5.74) is 2.09. The summed E-state index contributed by atoms with van der Waals surface area (Å²) < 4.78 is 13.0. The van der Waals surface area contributed by atoms with E-state index in [9.17, 15) is 4.39 Å². The van der Waals surface area contributed by atoms with Crippen LogP contribution in [0.15, 0.2) is 48.5 Å². The molecule has 1 aromatic heterocycles. The summed E-state index contributed by atoms with van der Waals surface area (Å²) in [6.07, 6.45) is 4.61. The van der Waals surface area contributed by atoms with Crippen LogP contribution in [0.1, 0.15) is 31.2 Å². The summed E-state index contributed by atoms with van der Waals surface area (Å²) in [6, 6.07) is 15.3. The molecule has 30 heavy (non-hydrogen) atoms. The first-order valence-corrected chi connectivity index (χ1v) is 10.7. The predicted octanol–water partition coefficient (Wildman–Crippen LogP) is 4.60. The molecule has 0 aliphatic heterocycles. The lowest BCUT2D eigenvalue weighted by Crippen LogP contribution is -2.31. The molecule has 158 valence electrons. The van der Waals surface area contributed by atoms with E-state index in [2.05, 4.69) is 16.7 Å². The van der Waals surface area contributed by atoms with Gasteiger partial charge < -0.3 is 15.5 Å². The van der Waals surface area contributed by atoms with Gasteiger partial charge >= 0.3 is 0 Å². The van der Waals surface area contributed by atoms with Crippen molar-refractivity contribution in [2.24, 2.45) is 5.92 Å². The average Bonchev–Trinajstić information content (AvgIpc) is 2.76. The number of rotatable bonds is 7. The van der Waals surface area contributed by atoms with Gasteiger partial charge in [-0.25, -0.2) is 9.37 Å². The highest BCUT2D eigenvalue weighted by molar-refractivity contribution is 5.90. The van der Waals surface area contributed by atoms with Crippen molar-refractivity contribution in [3.63, 3.8) is 0 Å². The van der Waals surface area contributed by atoms with E-state index < -0.39 is 0 Å². The van der Waals surface area contributed by atoms with Crippen molar-refractivity contribution in [2.75, 3.05) is 30.9 Å². The van der Waals surface area contributed by atoms with E-state index in [1.54, 1.807) is 0 Å². The molecule has 0 radical (unpaired) electrons. The molecule has 1 heterocycles. The van der Waals surface area contributed by atoms with Crippen molar-refractivity contribution in [2.45, 2.75) is 38.3 Å². The van der Waals surface area contributed by atoms with Crippen LogP contribution >= 0.6 is 0 Å². The zero-order chi connectivity index (χ0) is 20.9. The van der Waals surface area contributed by atoms with E-state index in [1.165, 1.54) is 25.0 Å². The monoisotopic (exact) mass is 407 g/mol. The molecule has 2 aromatic carbocycles. The van der Waals surface area contributed by atoms with Crippen LogP contribution in [0.4, 0.5) is 16.2 Å². The SMILES string of the molecule is CN(C)c1nc(N[C@H]2CC[C@@H](CNCc3ccc(F)cc3)CC2)nc2ccccc12. The first-order valence-electron chi connectivity index (χ1n) is 10.7. The van der Waals surface area contributed by atoms with Crippen LogP contribution in [0, 0.1) is 11.7 Å². The molecule has 1 aliphatic carbocycles. The van der Waals surface area contributed by atoms with E-state index >= 15 is 0 Å². The molecule has 0 unspecified atom stereocenters. The lowest BCUT2D eigenvalue weighted by atomic mass is 9.86. The Hall–Kier alpha value is -2.73. The van der Waals surface area contributed by atoms with Gasteiger partial charge in [-0.15, -0.1) is 0 Å². The molecule has 0 atom stereocenters. The van der Waals surface area contributed by atoms with Crippen molar-refractivity contribution >= 4 is 22.7 Å². The molecule has 0 bridgehead atoms. The fraction of sp³-hybridized carbons (Fsp3) is 0.417. The van der Waals surface area contributed by atoms with Crippen molar-refractivity contribution in [1.82, 2.24) is 15.3 Å². The third kappa shape index (κ3) is 5.05. The number of anilines is 2. The first-order chi connectivity index (χ1) is 14.6. The Morgan fingerprint density at radius 2 is 1.70 bits per heavy atom. The van der Waals surface area contributed by atoms with Gasteiger partial charge in [-0.3, -0.25) is 0 Å². The lowest BCUT2D eigenvalue weighted by Gasteiger charge is -2.29. The highest BCUT2D eigenvalue weighted by Crippen LogP contribution is 2.28. The standard InChI is InChI=1S/C24H30FN5/c1-30(2)23-21-5-3-4-6-22(21)28-24(29-23)27-20-13-9-18(10-14-20)16-26-15-17-7-11-19(25)12-8-17/h3-8,11-12,18,20,26H,9-10,13-16H2,1-2H3,(H,27,28,29)/t18-,20+. The van der Waals surface area contributed by atoms with Gasteiger partial charge in [-0.1, -0.05) is 24.3 Å². The van der Waals surface area contributed by atoms with E-state index in [1.807, 2.05) is 49.3 Å². The van der Waals surface area contributed by atoms with Crippen molar-refractivity contribution in [3.05, 3.63) is 59.9 Å². The Morgan fingerprint density at radius 3 is 2.43 bits per heavy atom. The van der Waals surface area contributed by atoms with E-state index in [-0.39, 0.29) is 5.82 Å². The van der Waals surface area contributed by atoms with Gasteiger partial charge in [0.2, 0.25) is 5.95 Å². The molecular weight excluding hydrogens is 377 g/mol. The van der Waals surface area contributed by atoms with Crippen molar-refractivity contribution in [1.29, 1.82) is 0 Å². The fourth-order valence-corrected chi connectivity index (χ4v) is 4.18. The molecule has 0 saturated heterocycles. The molecule has 6 heteroatoms. The molecule has 1 saturated carbocycles. The topological polar surface area (TPSA) is 53.1 Å². The lowest BCUT2D eigenvalue weighted by molar-refractivity contribution is 0.324. The minimum atomic E-state index is -0.183. The van der Waals surface area contributed by atoms with E-state index in [0.29, 0.717) is 12.0 Å². The maximum atomic E-state index is 13.0. The Kier molecular flexibility index (Phi) is 6.43. The van der Waals surface area contributed by atoms with E-state index in [0.717, 1.165) is 54.2 Å². The number of fused-ring (bicyclic) bond motifs is 1. The third-order valence-electron chi connectivity index (χ3n) is 5.86. The smallest absolute Gasteiger partial charge is 0.225 e. The summed E-state index contributed by atoms with van der Waals surface area (Å²) in [5.74, 6) is 2.16. The number of nitrogens with one attached hydrogen (secondary N) is 2. The number of halogens is 1. The molecule has 0 amide bonds. The molecule has 3 aromatic rings. The minimum absolute atomic E-state index is 0.183. The second-order valence-electron chi connectivity index (χ2n) is 8.40. The minimum Gasteiger partial charge on any atom is -0.362 e. The summed E-state index contributed by atoms with van der Waals surface area (Å²) >= 11 is 0. The predicted molar refractivity (Wildman–Crippen MR) is 121 cm³/mol. The van der Waals surface area contributed by atoms with Gasteiger partial charge in [0.25, 0.3) is 0 Å². The first kappa shape index (κ1) is 20.5. The second kappa shape index (κ2) is 9.39. The Morgan fingerprint density at radius 1 is 0.967 bits per heavy atom. The number of para-hydroxylation sites is 1. The number of nitrogens with zero attached hydrogens (tertiary/aromatic N) is 3. The second-order valence-corrected chi connectivity index (χ2v) is 8.40. The molecule has 5 nitrogen and oxygen atoms in total. The Bertz CT molecular complexity index is 965. The molecule has 4 rings (SSSR count). The molecule has 0 spiro atoms. The van der Waals surface area contributed by atoms with Crippen LogP contribution in [0.2, 0.25) is 0 Å². The Balaban J connectivity index is 1.29. The number of hydrogen-bond donors (Lipinski definition) is 2. The van der Waals surface area contributed by atoms with Crippen LogP contribution in [0.3, 0.4) is 0 Å². The van der Waals surface area contributed by atoms with Gasteiger partial charge in [-0.05, 0) is 68.0 Å². The average molecular weight is 408 g/mol. The van der Waals surface area contributed by atoms with Crippen molar-refractivity contribution < 1.29 is 4.39 Å². The highest BCUT2D eigenvalue weighted by Gasteiger charge is 2.22. The number of hydrogen-bond acceptors (Lipinski definition) is 5. The summed E-state index contributed by atoms with van der Waals surface area (Å²) in [6.45, 7) is 1.79. The summed E-state index contributed by atoms with van der Waals surface area (Å²) in [4.78, 5) is 11.5. The van der Waals surface area contributed by atoms with Crippen molar-refractivity contribution in [3.8, 4) is 0 Å². The maximum Gasteiger partial charge on any atom is 0.225 e. The largest absolute Gasteiger partial charge is 0.362 e. The normalized spacial score (nSPS) is 19.0. The van der Waals surface area contributed by atoms with Gasteiger partial charge in [0.15, 0.2) is 0 Å². The molecule has 1 aliphatic rings. The number of benzene rings is 2. The van der Waals surface area contributed by atoms with Crippen LogP contribution in [0.25, 0.3) is 10.9 Å². The highest BCUT2D eigenvalue weighted by atomic mass is 19.1. The Labute approximate surface area is 177 Å². The van der Waals surface area contributed by atoms with Crippen LogP contribution < -0.4 is 15.5 Å². The maximum absolute atomic E-state index is 13.0. The summed E-state index contributed by atoms with van der Waals surface area (Å²) in [7, 11) is 4.03. The zero-order valence-corrected chi connectivity index (χ0v) is 17.7. The van der Waals surface area contributed by atoms with Gasteiger partial charge in [0.1, 0.15) is 11.6 Å².